The molecule has 0 heterocycles. The molecule has 28 heavy (non-hydrogen) atoms. The van der Waals surface area contributed by atoms with Crippen molar-refractivity contribution in [3.05, 3.63) is 75.8 Å². The molecular weight excluding hydrogens is 364 g/mol. The Kier molecular flexibility index (Phi) is 5.21. The molecule has 0 aliphatic heterocycles. The molecule has 2 N–H and O–H groups in total. The van der Waals surface area contributed by atoms with E-state index >= 15 is 0 Å². The number of carbonyl (C=O) groups excluding carboxylic acids is 2. The summed E-state index contributed by atoms with van der Waals surface area (Å²) in [5.41, 5.74) is 0.743. The van der Waals surface area contributed by atoms with E-state index in [1.807, 2.05) is 6.07 Å². The van der Waals surface area contributed by atoms with Gasteiger partial charge in [0.25, 0.3) is 11.6 Å². The molecule has 8 nitrogen and oxygen atoms in total. The second-order valence-corrected chi connectivity index (χ2v) is 6.06. The molecule has 3 aromatic rings. The number of nitrogens with zero attached hydrogens (tertiary/aromatic N) is 1. The second kappa shape index (κ2) is 7.75. The Balaban J connectivity index is 1.66. The van der Waals surface area contributed by atoms with Crippen molar-refractivity contribution in [2.45, 2.75) is 6.92 Å². The molecule has 0 unspecified atom stereocenters. The van der Waals surface area contributed by atoms with Gasteiger partial charge in [0.1, 0.15) is 11.3 Å². The number of aromatic hydroxyl groups is 1. The lowest BCUT2D eigenvalue weighted by Gasteiger charge is -2.10. The number of hydrogen-bond acceptors (Lipinski definition) is 6. The average molecular weight is 380 g/mol. The minimum absolute atomic E-state index is 0.0435. The number of hydrogen-bond donors (Lipinski definition) is 2. The number of ether oxygens (including phenoxy) is 1. The monoisotopic (exact) mass is 380 g/mol. The third-order valence-electron chi connectivity index (χ3n) is 4.15. The molecule has 0 radical (unpaired) electrons. The van der Waals surface area contributed by atoms with Gasteiger partial charge in [0.05, 0.1) is 4.92 Å². The number of fused-ring (bicyclic) bond motifs is 1. The number of esters is 1. The topological polar surface area (TPSA) is 119 Å². The lowest BCUT2D eigenvalue weighted by Crippen LogP contribution is -2.21. The Bertz CT molecular complexity index is 1090. The van der Waals surface area contributed by atoms with Gasteiger partial charge in [0.15, 0.2) is 6.61 Å². The standard InChI is InChI=1S/C20H16N2O6/c1-12-10-14(22(26)27)7-9-17(12)21-18(23)11-28-20(25)16-8-6-13-4-2-3-5-15(13)19(16)24/h2-10,24H,11H2,1H3,(H,21,23). The highest BCUT2D eigenvalue weighted by Gasteiger charge is 2.17. The molecule has 0 fully saturated rings. The van der Waals surface area contributed by atoms with Gasteiger partial charge in [-0.2, -0.15) is 0 Å². The second-order valence-electron chi connectivity index (χ2n) is 6.06. The number of rotatable bonds is 5. The summed E-state index contributed by atoms with van der Waals surface area (Å²) in [7, 11) is 0. The summed E-state index contributed by atoms with van der Waals surface area (Å²) in [4.78, 5) is 34.5. The Morgan fingerprint density at radius 3 is 2.61 bits per heavy atom. The maximum absolute atomic E-state index is 12.2. The van der Waals surface area contributed by atoms with Crippen LogP contribution in [0.25, 0.3) is 10.8 Å². The molecule has 0 aliphatic carbocycles. The van der Waals surface area contributed by atoms with Gasteiger partial charge in [-0.3, -0.25) is 14.9 Å². The van der Waals surface area contributed by atoms with Crippen molar-refractivity contribution < 1.29 is 24.4 Å². The zero-order valence-corrected chi connectivity index (χ0v) is 14.8. The highest BCUT2D eigenvalue weighted by molar-refractivity contribution is 6.02. The molecule has 3 rings (SSSR count). The van der Waals surface area contributed by atoms with E-state index in [1.54, 1.807) is 31.2 Å². The molecule has 1 amide bonds. The molecule has 0 spiro atoms. The Morgan fingerprint density at radius 1 is 1.14 bits per heavy atom. The number of nitro benzene ring substituents is 1. The van der Waals surface area contributed by atoms with E-state index in [-0.39, 0.29) is 17.0 Å². The highest BCUT2D eigenvalue weighted by Crippen LogP contribution is 2.29. The number of phenols is 1. The van der Waals surface area contributed by atoms with Gasteiger partial charge in [-0.15, -0.1) is 0 Å². The molecule has 8 heteroatoms. The number of aryl methyl sites for hydroxylation is 1. The highest BCUT2D eigenvalue weighted by atomic mass is 16.6. The molecular formula is C20H16N2O6. The molecule has 142 valence electrons. The normalized spacial score (nSPS) is 10.5. The zero-order valence-electron chi connectivity index (χ0n) is 14.8. The van der Waals surface area contributed by atoms with Gasteiger partial charge in [-0.25, -0.2) is 4.79 Å². The van der Waals surface area contributed by atoms with Gasteiger partial charge in [-0.1, -0.05) is 30.3 Å². The summed E-state index contributed by atoms with van der Waals surface area (Å²) in [6.07, 6.45) is 0. The van der Waals surface area contributed by atoms with E-state index in [0.717, 1.165) is 5.39 Å². The van der Waals surface area contributed by atoms with Gasteiger partial charge < -0.3 is 15.2 Å². The summed E-state index contributed by atoms with van der Waals surface area (Å²) in [5, 5.41) is 24.8. The lowest BCUT2D eigenvalue weighted by atomic mass is 10.1. The molecule has 0 bridgehead atoms. The van der Waals surface area contributed by atoms with Gasteiger partial charge in [0.2, 0.25) is 0 Å². The van der Waals surface area contributed by atoms with Crippen molar-refractivity contribution in [3.63, 3.8) is 0 Å². The Morgan fingerprint density at radius 2 is 1.89 bits per heavy atom. The number of nitrogens with one attached hydrogen (secondary N) is 1. The number of non-ortho nitro benzene ring substituents is 1. The quantitative estimate of drug-likeness (QED) is 0.397. The van der Waals surface area contributed by atoms with E-state index < -0.39 is 23.4 Å². The zero-order chi connectivity index (χ0) is 20.3. The van der Waals surface area contributed by atoms with Crippen molar-refractivity contribution in [1.29, 1.82) is 0 Å². The molecule has 0 aliphatic rings. The fourth-order valence-corrected chi connectivity index (χ4v) is 2.72. The van der Waals surface area contributed by atoms with Crippen LogP contribution in [-0.4, -0.2) is 28.5 Å². The number of phenolic OH excluding ortho intramolecular Hbond substituents is 1. The molecule has 0 aromatic heterocycles. The first-order chi connectivity index (χ1) is 13.4. The van der Waals surface area contributed by atoms with Crippen LogP contribution in [0, 0.1) is 17.0 Å². The lowest BCUT2D eigenvalue weighted by molar-refractivity contribution is -0.384. The van der Waals surface area contributed by atoms with Crippen molar-refractivity contribution in [2.24, 2.45) is 0 Å². The van der Waals surface area contributed by atoms with Crippen molar-refractivity contribution >= 4 is 34.0 Å². The molecule has 0 saturated carbocycles. The van der Waals surface area contributed by atoms with Crippen LogP contribution in [0.15, 0.2) is 54.6 Å². The van der Waals surface area contributed by atoms with Crippen LogP contribution < -0.4 is 5.32 Å². The first-order valence-corrected chi connectivity index (χ1v) is 8.29. The van der Waals surface area contributed by atoms with E-state index in [4.69, 9.17) is 4.74 Å². The third kappa shape index (κ3) is 3.90. The van der Waals surface area contributed by atoms with Crippen LogP contribution in [0.5, 0.6) is 5.75 Å². The Labute approximate surface area is 159 Å². The van der Waals surface area contributed by atoms with Gasteiger partial charge in [0, 0.05) is 23.2 Å². The van der Waals surface area contributed by atoms with Crippen LogP contribution in [0.3, 0.4) is 0 Å². The summed E-state index contributed by atoms with van der Waals surface area (Å²) >= 11 is 0. The first kappa shape index (κ1) is 18.8. The third-order valence-corrected chi connectivity index (χ3v) is 4.15. The van der Waals surface area contributed by atoms with Crippen LogP contribution in [-0.2, 0) is 9.53 Å². The fourth-order valence-electron chi connectivity index (χ4n) is 2.72. The van der Waals surface area contributed by atoms with Crippen LogP contribution in [0.4, 0.5) is 11.4 Å². The molecule has 3 aromatic carbocycles. The molecule has 0 atom stereocenters. The predicted octanol–water partition coefficient (Wildman–Crippen LogP) is 3.56. The number of amides is 1. The van der Waals surface area contributed by atoms with Gasteiger partial charge in [-0.05, 0) is 30.0 Å². The van der Waals surface area contributed by atoms with Crippen molar-refractivity contribution in [3.8, 4) is 5.75 Å². The maximum Gasteiger partial charge on any atom is 0.342 e. The number of anilines is 1. The fraction of sp³-hybridized carbons (Fsp3) is 0.100. The Hall–Kier alpha value is -3.94. The minimum atomic E-state index is -0.834. The van der Waals surface area contributed by atoms with E-state index in [2.05, 4.69) is 5.32 Å². The summed E-state index contributed by atoms with van der Waals surface area (Å²) in [6, 6.07) is 14.1. The first-order valence-electron chi connectivity index (χ1n) is 8.29. The van der Waals surface area contributed by atoms with Crippen LogP contribution in [0.1, 0.15) is 15.9 Å². The average Bonchev–Trinajstić information content (AvgIpc) is 2.68. The van der Waals surface area contributed by atoms with Crippen LogP contribution in [0.2, 0.25) is 0 Å². The summed E-state index contributed by atoms with van der Waals surface area (Å²) in [5.74, 6) is -1.65. The van der Waals surface area contributed by atoms with Crippen molar-refractivity contribution in [2.75, 3.05) is 11.9 Å². The number of carbonyl (C=O) groups is 2. The van der Waals surface area contributed by atoms with E-state index in [9.17, 15) is 24.8 Å². The number of benzene rings is 3. The summed E-state index contributed by atoms with van der Waals surface area (Å²) in [6.45, 7) is 1.04. The predicted molar refractivity (Wildman–Crippen MR) is 102 cm³/mol. The van der Waals surface area contributed by atoms with E-state index in [0.29, 0.717) is 16.6 Å². The van der Waals surface area contributed by atoms with Crippen LogP contribution >= 0.6 is 0 Å². The van der Waals surface area contributed by atoms with E-state index in [1.165, 1.54) is 24.3 Å². The maximum atomic E-state index is 12.2. The number of nitro groups is 1. The molecule has 0 saturated heterocycles. The SMILES string of the molecule is Cc1cc([N+](=O)[O-])ccc1NC(=O)COC(=O)c1ccc2ccccc2c1O. The van der Waals surface area contributed by atoms with Gasteiger partial charge >= 0.3 is 5.97 Å². The summed E-state index contributed by atoms with van der Waals surface area (Å²) < 4.78 is 4.97. The largest absolute Gasteiger partial charge is 0.506 e. The van der Waals surface area contributed by atoms with Crippen molar-refractivity contribution in [1.82, 2.24) is 0 Å². The smallest absolute Gasteiger partial charge is 0.342 e. The minimum Gasteiger partial charge on any atom is -0.506 e.